The lowest BCUT2D eigenvalue weighted by Crippen LogP contribution is -2.51. The zero-order chi connectivity index (χ0) is 25.3. The highest BCUT2D eigenvalue weighted by atomic mass is 19.4. The topological polar surface area (TPSA) is 24.5 Å². The molecule has 34 heavy (non-hydrogen) atoms. The second-order valence-electron chi connectivity index (χ2n) is 8.91. The lowest BCUT2D eigenvalue weighted by Gasteiger charge is -2.43. The van der Waals surface area contributed by atoms with Gasteiger partial charge in [-0.2, -0.15) is 26.3 Å². The van der Waals surface area contributed by atoms with Gasteiger partial charge in [-0.3, -0.25) is 4.90 Å². The Morgan fingerprint density at radius 2 is 1.56 bits per heavy atom. The van der Waals surface area contributed by atoms with Crippen molar-refractivity contribution in [1.82, 2.24) is 10.2 Å². The number of hydrogen-bond acceptors (Lipinski definition) is 3. The molecule has 1 atom stereocenters. The molecule has 0 aromatic heterocycles. The van der Waals surface area contributed by atoms with Gasteiger partial charge in [0.05, 0.1) is 29.8 Å². The van der Waals surface area contributed by atoms with E-state index in [4.69, 9.17) is 4.74 Å². The van der Waals surface area contributed by atoms with Crippen molar-refractivity contribution in [2.75, 3.05) is 20.2 Å². The molecular formula is C25H28F6N2O. The molecule has 2 aromatic carbocycles. The number of nitrogens with one attached hydrogen (secondary N) is 1. The van der Waals surface area contributed by atoms with Crippen LogP contribution in [0.2, 0.25) is 0 Å². The molecule has 2 aromatic rings. The van der Waals surface area contributed by atoms with Crippen molar-refractivity contribution >= 4 is 5.70 Å². The number of hydrogen-bond donors (Lipinski definition) is 1. The summed E-state index contributed by atoms with van der Waals surface area (Å²) in [6.45, 7) is 9.47. The molecule has 186 valence electrons. The van der Waals surface area contributed by atoms with Crippen LogP contribution in [0.1, 0.15) is 55.0 Å². The molecule has 1 aliphatic heterocycles. The van der Waals surface area contributed by atoms with E-state index in [1.165, 1.54) is 0 Å². The molecule has 0 spiro atoms. The molecule has 1 heterocycles. The van der Waals surface area contributed by atoms with Gasteiger partial charge >= 0.3 is 12.4 Å². The van der Waals surface area contributed by atoms with Gasteiger partial charge in [-0.05, 0) is 57.5 Å². The quantitative estimate of drug-likeness (QED) is 0.431. The third kappa shape index (κ3) is 5.35. The highest BCUT2D eigenvalue weighted by Gasteiger charge is 2.42. The van der Waals surface area contributed by atoms with Gasteiger partial charge in [0.15, 0.2) is 0 Å². The van der Waals surface area contributed by atoms with Gasteiger partial charge in [0.2, 0.25) is 0 Å². The number of likely N-dealkylation sites (tertiary alicyclic amines) is 1. The summed E-state index contributed by atoms with van der Waals surface area (Å²) >= 11 is 0. The minimum Gasteiger partial charge on any atom is -0.496 e. The number of methoxy groups -OCH3 is 1. The Balaban J connectivity index is 2.11. The molecule has 1 unspecified atom stereocenters. The molecule has 1 fully saturated rings. The van der Waals surface area contributed by atoms with E-state index in [9.17, 15) is 26.3 Å². The minimum atomic E-state index is -5.05. The molecular weight excluding hydrogens is 458 g/mol. The summed E-state index contributed by atoms with van der Waals surface area (Å²) in [5, 5.41) is 3.11. The largest absolute Gasteiger partial charge is 0.496 e. The predicted octanol–water partition coefficient (Wildman–Crippen LogP) is 6.91. The summed E-state index contributed by atoms with van der Waals surface area (Å²) in [6, 6.07) is 9.38. The Labute approximate surface area is 195 Å². The molecule has 0 amide bonds. The van der Waals surface area contributed by atoms with Crippen molar-refractivity contribution in [1.29, 1.82) is 0 Å². The fourth-order valence-electron chi connectivity index (χ4n) is 4.51. The third-order valence-corrected chi connectivity index (χ3v) is 6.34. The van der Waals surface area contributed by atoms with Gasteiger partial charge in [0, 0.05) is 11.2 Å². The number of nitrogens with zero attached hydrogens (tertiary/aromatic N) is 1. The number of halogens is 6. The minimum absolute atomic E-state index is 0.105. The fourth-order valence-corrected chi connectivity index (χ4v) is 4.51. The van der Waals surface area contributed by atoms with Crippen LogP contribution in [0.15, 0.2) is 49.0 Å². The monoisotopic (exact) mass is 486 g/mol. The summed E-state index contributed by atoms with van der Waals surface area (Å²) in [7, 11) is 1.04. The Bertz CT molecular complexity index is 1010. The number of benzene rings is 2. The van der Waals surface area contributed by atoms with E-state index in [-0.39, 0.29) is 11.8 Å². The summed E-state index contributed by atoms with van der Waals surface area (Å²) in [5.41, 5.74) is -3.31. The Morgan fingerprint density at radius 3 is 2.06 bits per heavy atom. The van der Waals surface area contributed by atoms with Crippen molar-refractivity contribution in [2.24, 2.45) is 0 Å². The smallest absolute Gasteiger partial charge is 0.417 e. The molecule has 3 nitrogen and oxygen atoms in total. The Kier molecular flexibility index (Phi) is 7.26. The van der Waals surface area contributed by atoms with Crippen molar-refractivity contribution in [3.63, 3.8) is 0 Å². The predicted molar refractivity (Wildman–Crippen MR) is 119 cm³/mol. The van der Waals surface area contributed by atoms with Crippen LogP contribution >= 0.6 is 0 Å². The highest BCUT2D eigenvalue weighted by Crippen LogP contribution is 2.44. The third-order valence-electron chi connectivity index (χ3n) is 6.34. The molecule has 0 aliphatic carbocycles. The first kappa shape index (κ1) is 25.9. The van der Waals surface area contributed by atoms with E-state index in [2.05, 4.69) is 16.8 Å². The van der Waals surface area contributed by atoms with Crippen molar-refractivity contribution < 1.29 is 31.1 Å². The summed E-state index contributed by atoms with van der Waals surface area (Å²) < 4.78 is 86.7. The number of ether oxygens (including phenoxy) is 1. The maximum absolute atomic E-state index is 13.9. The zero-order valence-electron chi connectivity index (χ0n) is 19.3. The van der Waals surface area contributed by atoms with E-state index in [0.717, 1.165) is 38.6 Å². The second-order valence-corrected chi connectivity index (χ2v) is 8.91. The van der Waals surface area contributed by atoms with E-state index in [1.807, 2.05) is 44.2 Å². The first-order chi connectivity index (χ1) is 15.8. The summed E-state index contributed by atoms with van der Waals surface area (Å²) in [6.07, 6.45) is -8.00. The van der Waals surface area contributed by atoms with Gasteiger partial charge in [0.25, 0.3) is 0 Å². The molecule has 1 aliphatic rings. The molecule has 0 radical (unpaired) electrons. The molecule has 1 N–H and O–H groups in total. The second kappa shape index (κ2) is 9.52. The SMILES string of the molecule is C=C(NC(c1ccccc1)C(C)(C)N1CCCC1)c1c(OC)cc(C(F)(F)F)cc1C(F)(F)F. The van der Waals surface area contributed by atoms with Crippen LogP contribution < -0.4 is 10.1 Å². The van der Waals surface area contributed by atoms with Crippen LogP contribution in [0.5, 0.6) is 5.75 Å². The van der Waals surface area contributed by atoms with Crippen LogP contribution in [0.3, 0.4) is 0 Å². The van der Waals surface area contributed by atoms with Crippen molar-refractivity contribution in [3.8, 4) is 5.75 Å². The van der Waals surface area contributed by atoms with E-state index >= 15 is 0 Å². The van der Waals surface area contributed by atoms with Crippen molar-refractivity contribution in [2.45, 2.75) is 50.6 Å². The lowest BCUT2D eigenvalue weighted by atomic mass is 9.86. The summed E-state index contributed by atoms with van der Waals surface area (Å²) in [5.74, 6) is -0.551. The van der Waals surface area contributed by atoms with Crippen LogP contribution in [0, 0.1) is 0 Å². The van der Waals surface area contributed by atoms with Gasteiger partial charge in [0.1, 0.15) is 5.75 Å². The maximum Gasteiger partial charge on any atom is 0.417 e. The standard InChI is InChI=1S/C25H28F6N2O/c1-16(21-19(25(29,30)31)14-18(24(26,27)28)15-20(21)34-4)32-22(17-10-6-5-7-11-17)23(2,3)33-12-8-9-13-33/h5-7,10-11,14-15,22,32H,1,8-9,12-13H2,2-4H3. The number of rotatable bonds is 7. The lowest BCUT2D eigenvalue weighted by molar-refractivity contribution is -0.143. The van der Waals surface area contributed by atoms with E-state index < -0.39 is 46.4 Å². The molecule has 1 saturated heterocycles. The average molecular weight is 486 g/mol. The van der Waals surface area contributed by atoms with Crippen LogP contribution in [-0.2, 0) is 12.4 Å². The zero-order valence-corrected chi connectivity index (χ0v) is 19.3. The summed E-state index contributed by atoms with van der Waals surface area (Å²) in [4.78, 5) is 2.25. The first-order valence-electron chi connectivity index (χ1n) is 10.9. The van der Waals surface area contributed by atoms with E-state index in [0.29, 0.717) is 6.07 Å². The molecule has 9 heteroatoms. The Hall–Kier alpha value is -2.68. The van der Waals surface area contributed by atoms with Gasteiger partial charge in [-0.1, -0.05) is 36.9 Å². The van der Waals surface area contributed by atoms with Gasteiger partial charge in [-0.25, -0.2) is 0 Å². The van der Waals surface area contributed by atoms with Gasteiger partial charge < -0.3 is 10.1 Å². The molecule has 3 rings (SSSR count). The highest BCUT2D eigenvalue weighted by molar-refractivity contribution is 5.72. The number of alkyl halides is 6. The van der Waals surface area contributed by atoms with Crippen LogP contribution in [0.25, 0.3) is 5.70 Å². The van der Waals surface area contributed by atoms with E-state index in [1.54, 1.807) is 0 Å². The normalized spacial score (nSPS) is 16.4. The Morgan fingerprint density at radius 1 is 0.971 bits per heavy atom. The first-order valence-corrected chi connectivity index (χ1v) is 10.9. The van der Waals surface area contributed by atoms with Crippen molar-refractivity contribution in [3.05, 3.63) is 71.3 Å². The molecule has 0 bridgehead atoms. The fraction of sp³-hybridized carbons (Fsp3) is 0.440. The van der Waals surface area contributed by atoms with Crippen LogP contribution in [-0.4, -0.2) is 30.6 Å². The van der Waals surface area contributed by atoms with Crippen LogP contribution in [0.4, 0.5) is 26.3 Å². The van der Waals surface area contributed by atoms with Gasteiger partial charge in [-0.15, -0.1) is 0 Å². The molecule has 0 saturated carbocycles. The average Bonchev–Trinajstić information content (AvgIpc) is 3.31. The maximum atomic E-state index is 13.9.